The van der Waals surface area contributed by atoms with Gasteiger partial charge >= 0.3 is 0 Å². The number of hydrogen-bond donors (Lipinski definition) is 1. The second-order valence-electron chi connectivity index (χ2n) is 4.61. The summed E-state index contributed by atoms with van der Waals surface area (Å²) in [6, 6.07) is 8.00. The van der Waals surface area contributed by atoms with Gasteiger partial charge < -0.3 is 10.5 Å². The standard InChI is InChI=1S/C15H21N3O/c1-4-12-6-7-15(14(16)9-12)19-10-13-8-11(3)17-18(13)5-2/h6-9H,4-5,10,16H2,1-3H3. The summed E-state index contributed by atoms with van der Waals surface area (Å²) in [5, 5.41) is 4.40. The summed E-state index contributed by atoms with van der Waals surface area (Å²) in [6.07, 6.45) is 0.978. The van der Waals surface area contributed by atoms with E-state index in [4.69, 9.17) is 10.5 Å². The van der Waals surface area contributed by atoms with Crippen LogP contribution < -0.4 is 10.5 Å². The predicted molar refractivity (Wildman–Crippen MR) is 77.2 cm³/mol. The van der Waals surface area contributed by atoms with Gasteiger partial charge in [0.2, 0.25) is 0 Å². The van der Waals surface area contributed by atoms with Crippen molar-refractivity contribution >= 4 is 5.69 Å². The number of nitrogen functional groups attached to an aromatic ring is 1. The molecule has 0 aliphatic carbocycles. The van der Waals surface area contributed by atoms with Crippen LogP contribution in [0.3, 0.4) is 0 Å². The van der Waals surface area contributed by atoms with Crippen LogP contribution in [0.5, 0.6) is 5.75 Å². The van der Waals surface area contributed by atoms with Crippen molar-refractivity contribution in [1.29, 1.82) is 0 Å². The zero-order chi connectivity index (χ0) is 13.8. The lowest BCUT2D eigenvalue weighted by Crippen LogP contribution is -2.07. The van der Waals surface area contributed by atoms with E-state index < -0.39 is 0 Å². The lowest BCUT2D eigenvalue weighted by atomic mass is 10.1. The quantitative estimate of drug-likeness (QED) is 0.840. The first-order chi connectivity index (χ1) is 9.13. The van der Waals surface area contributed by atoms with Crippen LogP contribution in [-0.4, -0.2) is 9.78 Å². The number of ether oxygens (including phenoxy) is 1. The predicted octanol–water partition coefficient (Wildman–Crippen LogP) is 2.94. The summed E-state index contributed by atoms with van der Waals surface area (Å²) in [5.74, 6) is 0.735. The van der Waals surface area contributed by atoms with Crippen molar-refractivity contribution in [3.63, 3.8) is 0 Å². The molecule has 0 saturated heterocycles. The number of nitrogens with zero attached hydrogens (tertiary/aromatic N) is 2. The van der Waals surface area contributed by atoms with E-state index in [1.165, 1.54) is 5.56 Å². The van der Waals surface area contributed by atoms with Crippen LogP contribution in [0.1, 0.15) is 30.8 Å². The van der Waals surface area contributed by atoms with E-state index in [-0.39, 0.29) is 0 Å². The van der Waals surface area contributed by atoms with Gasteiger partial charge in [0.15, 0.2) is 0 Å². The fourth-order valence-corrected chi connectivity index (χ4v) is 2.09. The van der Waals surface area contributed by atoms with E-state index in [2.05, 4.69) is 18.9 Å². The zero-order valence-corrected chi connectivity index (χ0v) is 11.8. The summed E-state index contributed by atoms with van der Waals surface area (Å²) in [4.78, 5) is 0. The van der Waals surface area contributed by atoms with E-state index in [0.29, 0.717) is 12.3 Å². The minimum Gasteiger partial charge on any atom is -0.485 e. The molecule has 2 N–H and O–H groups in total. The van der Waals surface area contributed by atoms with Gasteiger partial charge in [-0.25, -0.2) is 0 Å². The molecule has 0 saturated carbocycles. The zero-order valence-electron chi connectivity index (χ0n) is 11.8. The fraction of sp³-hybridized carbons (Fsp3) is 0.400. The van der Waals surface area contributed by atoms with Crippen LogP contribution in [0.25, 0.3) is 0 Å². The van der Waals surface area contributed by atoms with E-state index >= 15 is 0 Å². The Hall–Kier alpha value is -1.97. The molecule has 0 radical (unpaired) electrons. The van der Waals surface area contributed by atoms with Gasteiger partial charge in [0.1, 0.15) is 12.4 Å². The molecule has 0 atom stereocenters. The smallest absolute Gasteiger partial charge is 0.142 e. The third-order valence-electron chi connectivity index (χ3n) is 3.14. The van der Waals surface area contributed by atoms with Gasteiger partial charge in [-0.3, -0.25) is 4.68 Å². The van der Waals surface area contributed by atoms with E-state index in [0.717, 1.165) is 30.1 Å². The molecule has 1 heterocycles. The minimum absolute atomic E-state index is 0.490. The first-order valence-electron chi connectivity index (χ1n) is 6.68. The highest BCUT2D eigenvalue weighted by molar-refractivity contribution is 5.54. The van der Waals surface area contributed by atoms with Crippen LogP contribution in [0, 0.1) is 6.92 Å². The number of rotatable bonds is 5. The Morgan fingerprint density at radius 2 is 2.05 bits per heavy atom. The highest BCUT2D eigenvalue weighted by Gasteiger charge is 2.06. The molecule has 19 heavy (non-hydrogen) atoms. The van der Waals surface area contributed by atoms with Gasteiger partial charge in [-0.15, -0.1) is 0 Å². The van der Waals surface area contributed by atoms with Gasteiger partial charge in [0.05, 0.1) is 17.1 Å². The van der Waals surface area contributed by atoms with Crippen LogP contribution >= 0.6 is 0 Å². The second-order valence-corrected chi connectivity index (χ2v) is 4.61. The molecule has 2 rings (SSSR count). The normalized spacial score (nSPS) is 10.7. The van der Waals surface area contributed by atoms with E-state index in [9.17, 15) is 0 Å². The van der Waals surface area contributed by atoms with Crippen LogP contribution in [-0.2, 0) is 19.6 Å². The van der Waals surface area contributed by atoms with Crippen LogP contribution in [0.4, 0.5) is 5.69 Å². The van der Waals surface area contributed by atoms with Gasteiger partial charge in [0.25, 0.3) is 0 Å². The maximum absolute atomic E-state index is 5.99. The average molecular weight is 259 g/mol. The summed E-state index contributed by atoms with van der Waals surface area (Å²) >= 11 is 0. The lowest BCUT2D eigenvalue weighted by molar-refractivity contribution is 0.294. The second kappa shape index (κ2) is 5.78. The van der Waals surface area contributed by atoms with Crippen LogP contribution in [0.2, 0.25) is 0 Å². The topological polar surface area (TPSA) is 53.1 Å². The molecule has 4 heteroatoms. The summed E-state index contributed by atoms with van der Waals surface area (Å²) in [5.41, 5.74) is 9.98. The maximum Gasteiger partial charge on any atom is 0.142 e. The fourth-order valence-electron chi connectivity index (χ4n) is 2.09. The van der Waals surface area contributed by atoms with Crippen LogP contribution in [0.15, 0.2) is 24.3 Å². The first kappa shape index (κ1) is 13.5. The highest BCUT2D eigenvalue weighted by Crippen LogP contribution is 2.23. The minimum atomic E-state index is 0.490. The molecule has 0 fully saturated rings. The van der Waals surface area contributed by atoms with E-state index in [1.54, 1.807) is 0 Å². The highest BCUT2D eigenvalue weighted by atomic mass is 16.5. The molecule has 0 aliphatic rings. The van der Waals surface area contributed by atoms with Gasteiger partial charge in [-0.1, -0.05) is 13.0 Å². The third-order valence-corrected chi connectivity index (χ3v) is 3.14. The molecular weight excluding hydrogens is 238 g/mol. The van der Waals surface area contributed by atoms with Crippen molar-refractivity contribution in [2.45, 2.75) is 40.3 Å². The largest absolute Gasteiger partial charge is 0.485 e. The maximum atomic E-state index is 5.99. The Bertz CT molecular complexity index is 561. The van der Waals surface area contributed by atoms with E-state index in [1.807, 2.05) is 35.9 Å². The van der Waals surface area contributed by atoms with Gasteiger partial charge in [-0.05, 0) is 44.0 Å². The van der Waals surface area contributed by atoms with Crippen molar-refractivity contribution in [1.82, 2.24) is 9.78 Å². The number of aromatic nitrogens is 2. The summed E-state index contributed by atoms with van der Waals surface area (Å²) in [7, 11) is 0. The summed E-state index contributed by atoms with van der Waals surface area (Å²) < 4.78 is 7.74. The molecule has 1 aromatic carbocycles. The number of nitrogens with two attached hydrogens (primary N) is 1. The first-order valence-corrected chi connectivity index (χ1v) is 6.68. The molecule has 4 nitrogen and oxygen atoms in total. The number of aryl methyl sites for hydroxylation is 3. The molecular formula is C15H21N3O. The van der Waals surface area contributed by atoms with Gasteiger partial charge in [-0.2, -0.15) is 5.10 Å². The molecule has 0 spiro atoms. The SMILES string of the molecule is CCc1ccc(OCc2cc(C)nn2CC)c(N)c1. The molecule has 0 amide bonds. The third kappa shape index (κ3) is 3.08. The molecule has 0 aliphatic heterocycles. The van der Waals surface area contributed by atoms with Crippen molar-refractivity contribution in [3.05, 3.63) is 41.2 Å². The monoisotopic (exact) mass is 259 g/mol. The van der Waals surface area contributed by atoms with Gasteiger partial charge in [0, 0.05) is 6.54 Å². The number of benzene rings is 1. The molecule has 102 valence electrons. The Labute approximate surface area is 114 Å². The Morgan fingerprint density at radius 1 is 1.26 bits per heavy atom. The number of anilines is 1. The van der Waals surface area contributed by atoms with Crippen molar-refractivity contribution in [2.75, 3.05) is 5.73 Å². The average Bonchev–Trinajstić information content (AvgIpc) is 2.77. The summed E-state index contributed by atoms with van der Waals surface area (Å²) in [6.45, 7) is 7.50. The Morgan fingerprint density at radius 3 is 2.68 bits per heavy atom. The number of hydrogen-bond acceptors (Lipinski definition) is 3. The van der Waals surface area contributed by atoms with Crippen molar-refractivity contribution in [3.8, 4) is 5.75 Å². The van der Waals surface area contributed by atoms with Crippen molar-refractivity contribution in [2.24, 2.45) is 0 Å². The Balaban J connectivity index is 2.09. The molecule has 0 unspecified atom stereocenters. The molecule has 1 aromatic heterocycles. The Kier molecular flexibility index (Phi) is 4.10. The molecule has 0 bridgehead atoms. The van der Waals surface area contributed by atoms with Crippen molar-refractivity contribution < 1.29 is 4.74 Å². The lowest BCUT2D eigenvalue weighted by Gasteiger charge is -2.10. The molecule has 2 aromatic rings.